The van der Waals surface area contributed by atoms with Crippen molar-refractivity contribution in [1.29, 1.82) is 0 Å². The average Bonchev–Trinajstić information content (AvgIpc) is 2.99. The van der Waals surface area contributed by atoms with E-state index in [1.165, 1.54) is 11.0 Å². The number of benzene rings is 2. The Morgan fingerprint density at radius 3 is 2.50 bits per heavy atom. The minimum absolute atomic E-state index is 0.836. The van der Waals surface area contributed by atoms with E-state index in [0.29, 0.717) is 0 Å². The summed E-state index contributed by atoms with van der Waals surface area (Å²) in [6.07, 6.45) is 2.08. The first-order valence-corrected chi connectivity index (χ1v) is 7.32. The van der Waals surface area contributed by atoms with Crippen LogP contribution >= 0.6 is 0 Å². The molecule has 3 aromatic rings. The fraction of sp³-hybridized carbons (Fsp3) is 0.167. The Morgan fingerprint density at radius 1 is 1.00 bits per heavy atom. The van der Waals surface area contributed by atoms with Gasteiger partial charge in [0.15, 0.2) is 16.8 Å². The van der Waals surface area contributed by atoms with Crippen molar-refractivity contribution in [3.8, 4) is 5.75 Å². The van der Waals surface area contributed by atoms with Gasteiger partial charge >= 0.3 is 0 Å². The van der Waals surface area contributed by atoms with Crippen molar-refractivity contribution in [2.24, 2.45) is 14.1 Å². The van der Waals surface area contributed by atoms with Gasteiger partial charge in [0.25, 0.3) is 5.82 Å². The lowest BCUT2D eigenvalue weighted by Crippen LogP contribution is -2.31. The zero-order valence-corrected chi connectivity index (χ0v) is 12.9. The molecule has 0 aliphatic carbocycles. The van der Waals surface area contributed by atoms with Crippen LogP contribution in [0.3, 0.4) is 0 Å². The molecule has 0 N–H and O–H groups in total. The van der Waals surface area contributed by atoms with Gasteiger partial charge in [0, 0.05) is 7.05 Å². The number of rotatable bonds is 1. The molecule has 1 aromatic heterocycles. The topological polar surface area (TPSA) is 21.3 Å². The Kier molecular flexibility index (Phi) is 2.73. The number of fused-ring (bicyclic) bond motifs is 2. The summed E-state index contributed by atoms with van der Waals surface area (Å²) in [4.78, 5) is 2.08. The monoisotopic (exact) mass is 292 g/mol. The van der Waals surface area contributed by atoms with Crippen LogP contribution < -0.4 is 14.2 Å². The Hall–Kier alpha value is -2.75. The third-order valence-electron chi connectivity index (χ3n) is 4.32. The lowest BCUT2D eigenvalue weighted by atomic mass is 10.3. The zero-order valence-electron chi connectivity index (χ0n) is 12.9. The minimum atomic E-state index is 0.836. The molecule has 4 heteroatoms. The molecule has 0 radical (unpaired) electrons. The standard InChI is InChI=1S/C18H18N3O/c1-19-13-8-4-5-9-14(13)20(2)17(19)12-18-21(3)15-10-6-7-11-16(15)22-18/h4-12H,1-3H3/q+1. The Labute approximate surface area is 129 Å². The van der Waals surface area contributed by atoms with Crippen molar-refractivity contribution in [2.75, 3.05) is 11.9 Å². The van der Waals surface area contributed by atoms with Gasteiger partial charge in [-0.25, -0.2) is 9.13 Å². The van der Waals surface area contributed by atoms with E-state index in [4.69, 9.17) is 4.74 Å². The van der Waals surface area contributed by atoms with Gasteiger partial charge in [-0.2, -0.15) is 0 Å². The second-order valence-electron chi connectivity index (χ2n) is 5.58. The first-order valence-electron chi connectivity index (χ1n) is 7.32. The number of imidazole rings is 1. The van der Waals surface area contributed by atoms with Crippen LogP contribution in [0.25, 0.3) is 17.1 Å². The molecule has 1 aliphatic rings. The number of para-hydroxylation sites is 4. The fourth-order valence-electron chi connectivity index (χ4n) is 3.05. The molecule has 0 saturated carbocycles. The minimum Gasteiger partial charge on any atom is -0.438 e. The molecule has 0 amide bonds. The van der Waals surface area contributed by atoms with Crippen LogP contribution in [0.5, 0.6) is 5.75 Å². The predicted octanol–water partition coefficient (Wildman–Crippen LogP) is 2.83. The Bertz CT molecular complexity index is 869. The normalized spacial score (nSPS) is 15.4. The van der Waals surface area contributed by atoms with Gasteiger partial charge in [0.1, 0.15) is 0 Å². The summed E-state index contributed by atoms with van der Waals surface area (Å²) < 4.78 is 10.4. The number of ether oxygens (including phenoxy) is 1. The van der Waals surface area contributed by atoms with Crippen molar-refractivity contribution in [3.05, 3.63) is 60.2 Å². The maximum Gasteiger partial charge on any atom is 0.287 e. The molecule has 0 unspecified atom stereocenters. The van der Waals surface area contributed by atoms with Crippen molar-refractivity contribution in [3.63, 3.8) is 0 Å². The van der Waals surface area contributed by atoms with E-state index < -0.39 is 0 Å². The highest BCUT2D eigenvalue weighted by atomic mass is 16.5. The van der Waals surface area contributed by atoms with Crippen LogP contribution in [0, 0.1) is 0 Å². The SMILES string of the molecule is CN1C(=Cc2n(C)c3ccccc3[n+]2C)Oc2ccccc21. The third kappa shape index (κ3) is 1.73. The molecular formula is C18H18N3O+. The van der Waals surface area contributed by atoms with Crippen molar-refractivity contribution < 1.29 is 9.30 Å². The lowest BCUT2D eigenvalue weighted by Gasteiger charge is -2.09. The molecule has 0 fully saturated rings. The molecule has 110 valence electrons. The van der Waals surface area contributed by atoms with Crippen molar-refractivity contribution >= 4 is 22.8 Å². The number of anilines is 1. The highest BCUT2D eigenvalue weighted by molar-refractivity contribution is 5.75. The molecule has 2 heterocycles. The second-order valence-corrected chi connectivity index (χ2v) is 5.58. The van der Waals surface area contributed by atoms with E-state index in [0.717, 1.165) is 23.1 Å². The molecule has 22 heavy (non-hydrogen) atoms. The summed E-state index contributed by atoms with van der Waals surface area (Å²) in [5.41, 5.74) is 3.50. The van der Waals surface area contributed by atoms with Crippen LogP contribution in [-0.2, 0) is 14.1 Å². The van der Waals surface area contributed by atoms with Gasteiger partial charge < -0.3 is 9.64 Å². The summed E-state index contributed by atoms with van der Waals surface area (Å²) in [5.74, 6) is 2.83. The summed E-state index contributed by atoms with van der Waals surface area (Å²) in [6, 6.07) is 16.5. The van der Waals surface area contributed by atoms with Crippen LogP contribution in [0.4, 0.5) is 5.69 Å². The van der Waals surface area contributed by atoms with Crippen LogP contribution in [0.1, 0.15) is 5.82 Å². The van der Waals surface area contributed by atoms with Crippen molar-refractivity contribution in [1.82, 2.24) is 4.57 Å². The smallest absolute Gasteiger partial charge is 0.287 e. The maximum atomic E-state index is 5.99. The Morgan fingerprint density at radius 2 is 1.73 bits per heavy atom. The van der Waals surface area contributed by atoms with E-state index in [2.05, 4.69) is 64.5 Å². The molecule has 2 aromatic carbocycles. The molecule has 0 atom stereocenters. The van der Waals surface area contributed by atoms with Gasteiger partial charge in [-0.3, -0.25) is 0 Å². The molecule has 0 saturated heterocycles. The molecule has 4 rings (SSSR count). The first kappa shape index (κ1) is 13.0. The number of aryl methyl sites for hydroxylation is 2. The quantitative estimate of drug-likeness (QED) is 0.643. The van der Waals surface area contributed by atoms with E-state index in [-0.39, 0.29) is 0 Å². The molecule has 1 aliphatic heterocycles. The fourth-order valence-corrected chi connectivity index (χ4v) is 3.05. The predicted molar refractivity (Wildman–Crippen MR) is 87.5 cm³/mol. The average molecular weight is 292 g/mol. The van der Waals surface area contributed by atoms with Gasteiger partial charge in [0.05, 0.1) is 25.9 Å². The molecule has 4 nitrogen and oxygen atoms in total. The van der Waals surface area contributed by atoms with E-state index in [9.17, 15) is 0 Å². The molecule has 0 bridgehead atoms. The highest BCUT2D eigenvalue weighted by Crippen LogP contribution is 2.37. The van der Waals surface area contributed by atoms with Crippen LogP contribution in [0.15, 0.2) is 54.4 Å². The number of aromatic nitrogens is 2. The number of hydrogen-bond donors (Lipinski definition) is 0. The summed E-state index contributed by atoms with van der Waals surface area (Å²) in [7, 11) is 6.19. The van der Waals surface area contributed by atoms with Gasteiger partial charge in [0.2, 0.25) is 5.88 Å². The van der Waals surface area contributed by atoms with Gasteiger partial charge in [-0.1, -0.05) is 24.3 Å². The van der Waals surface area contributed by atoms with E-state index in [1.54, 1.807) is 0 Å². The van der Waals surface area contributed by atoms with Crippen LogP contribution in [0.2, 0.25) is 0 Å². The third-order valence-corrected chi connectivity index (χ3v) is 4.32. The largest absolute Gasteiger partial charge is 0.438 e. The molecular weight excluding hydrogens is 274 g/mol. The Balaban J connectivity index is 1.85. The summed E-state index contributed by atoms with van der Waals surface area (Å²) in [6.45, 7) is 0. The van der Waals surface area contributed by atoms with E-state index in [1.807, 2.05) is 25.2 Å². The summed E-state index contributed by atoms with van der Waals surface area (Å²) in [5, 5.41) is 0. The maximum absolute atomic E-state index is 5.99. The number of hydrogen-bond acceptors (Lipinski definition) is 2. The van der Waals surface area contributed by atoms with Crippen molar-refractivity contribution in [2.45, 2.75) is 0 Å². The van der Waals surface area contributed by atoms with Crippen LogP contribution in [-0.4, -0.2) is 11.6 Å². The van der Waals surface area contributed by atoms with Gasteiger partial charge in [-0.05, 0) is 24.3 Å². The first-order chi connectivity index (χ1) is 10.7. The highest BCUT2D eigenvalue weighted by Gasteiger charge is 2.26. The molecule has 0 spiro atoms. The zero-order chi connectivity index (χ0) is 15.3. The van der Waals surface area contributed by atoms with E-state index >= 15 is 0 Å². The summed E-state index contributed by atoms with van der Waals surface area (Å²) >= 11 is 0. The van der Waals surface area contributed by atoms with Gasteiger partial charge in [-0.15, -0.1) is 0 Å². The number of nitrogens with zero attached hydrogens (tertiary/aromatic N) is 3. The second kappa shape index (κ2) is 4.63. The lowest BCUT2D eigenvalue weighted by molar-refractivity contribution is -0.647.